The fraction of sp³-hybridized carbons (Fsp3) is 0.429. The van der Waals surface area contributed by atoms with Crippen LogP contribution in [0.4, 0.5) is 10.5 Å². The molecule has 2 unspecified atom stereocenters. The Balaban J connectivity index is 1.97. The summed E-state index contributed by atoms with van der Waals surface area (Å²) in [5, 5.41) is 15.1. The Kier molecular flexibility index (Phi) is 4.96. The standard InChI is InChI=1S/C14H16Cl2N2O3/c1-7-2-5-10(15)12(11(7)16)18-14(21)17-9-4-3-8(6-9)13(19)20/h2,5,8-9H,3-4,6H2,1H3,(H,19,20)(H2,17,18,21). The molecule has 1 aliphatic rings. The monoisotopic (exact) mass is 330 g/mol. The summed E-state index contributed by atoms with van der Waals surface area (Å²) in [6, 6.07) is 2.85. The van der Waals surface area contributed by atoms with E-state index >= 15 is 0 Å². The Morgan fingerprint density at radius 3 is 2.62 bits per heavy atom. The Hall–Kier alpha value is -1.46. The van der Waals surface area contributed by atoms with Crippen molar-refractivity contribution in [2.75, 3.05) is 5.32 Å². The number of nitrogens with one attached hydrogen (secondary N) is 2. The van der Waals surface area contributed by atoms with Gasteiger partial charge < -0.3 is 15.7 Å². The van der Waals surface area contributed by atoms with Gasteiger partial charge >= 0.3 is 12.0 Å². The second kappa shape index (κ2) is 6.54. The predicted octanol–water partition coefficient (Wildman–Crippen LogP) is 3.68. The summed E-state index contributed by atoms with van der Waals surface area (Å²) in [4.78, 5) is 22.9. The van der Waals surface area contributed by atoms with E-state index in [1.54, 1.807) is 12.1 Å². The fourth-order valence-electron chi connectivity index (χ4n) is 2.44. The van der Waals surface area contributed by atoms with Crippen LogP contribution < -0.4 is 10.6 Å². The number of urea groups is 1. The third-order valence-electron chi connectivity index (χ3n) is 3.64. The van der Waals surface area contributed by atoms with Crippen LogP contribution in [-0.2, 0) is 4.79 Å². The quantitative estimate of drug-likeness (QED) is 0.791. The first kappa shape index (κ1) is 15.9. The van der Waals surface area contributed by atoms with E-state index in [4.69, 9.17) is 28.3 Å². The lowest BCUT2D eigenvalue weighted by molar-refractivity contribution is -0.141. The van der Waals surface area contributed by atoms with E-state index in [0.717, 1.165) is 5.56 Å². The van der Waals surface area contributed by atoms with Crippen LogP contribution in [0.5, 0.6) is 0 Å². The van der Waals surface area contributed by atoms with E-state index in [0.29, 0.717) is 35.0 Å². The van der Waals surface area contributed by atoms with Crippen molar-refractivity contribution in [1.29, 1.82) is 0 Å². The molecule has 1 saturated carbocycles. The third kappa shape index (κ3) is 3.80. The number of halogens is 2. The Morgan fingerprint density at radius 2 is 2.00 bits per heavy atom. The minimum Gasteiger partial charge on any atom is -0.481 e. The van der Waals surface area contributed by atoms with Crippen molar-refractivity contribution in [2.45, 2.75) is 32.2 Å². The third-order valence-corrected chi connectivity index (χ3v) is 4.44. The van der Waals surface area contributed by atoms with Crippen molar-refractivity contribution >= 4 is 40.9 Å². The maximum Gasteiger partial charge on any atom is 0.319 e. The molecule has 2 rings (SSSR count). The number of anilines is 1. The van der Waals surface area contributed by atoms with Gasteiger partial charge in [-0.25, -0.2) is 4.79 Å². The van der Waals surface area contributed by atoms with Gasteiger partial charge in [-0.2, -0.15) is 0 Å². The number of carboxylic acid groups (broad SMARTS) is 1. The summed E-state index contributed by atoms with van der Waals surface area (Å²) in [6.45, 7) is 1.82. The van der Waals surface area contributed by atoms with Crippen molar-refractivity contribution in [2.24, 2.45) is 5.92 Å². The molecule has 0 heterocycles. The fourth-order valence-corrected chi connectivity index (χ4v) is 2.91. The zero-order valence-electron chi connectivity index (χ0n) is 11.5. The highest BCUT2D eigenvalue weighted by molar-refractivity contribution is 6.40. The number of carboxylic acids is 1. The molecule has 1 aliphatic carbocycles. The molecule has 5 nitrogen and oxygen atoms in total. The molecule has 0 radical (unpaired) electrons. The number of aliphatic carboxylic acids is 1. The molecule has 114 valence electrons. The zero-order valence-corrected chi connectivity index (χ0v) is 13.0. The Morgan fingerprint density at radius 1 is 1.29 bits per heavy atom. The molecule has 0 spiro atoms. The first-order valence-electron chi connectivity index (χ1n) is 6.63. The summed E-state index contributed by atoms with van der Waals surface area (Å²) >= 11 is 12.1. The van der Waals surface area contributed by atoms with Gasteiger partial charge in [-0.05, 0) is 37.8 Å². The first-order chi connectivity index (χ1) is 9.88. The highest BCUT2D eigenvalue weighted by atomic mass is 35.5. The summed E-state index contributed by atoms with van der Waals surface area (Å²) < 4.78 is 0. The molecule has 7 heteroatoms. The summed E-state index contributed by atoms with van der Waals surface area (Å²) in [5.74, 6) is -1.20. The number of carbonyl (C=O) groups excluding carboxylic acids is 1. The van der Waals surface area contributed by atoms with Crippen LogP contribution in [0.2, 0.25) is 10.0 Å². The number of carbonyl (C=O) groups is 2. The number of aryl methyl sites for hydroxylation is 1. The largest absolute Gasteiger partial charge is 0.481 e. The van der Waals surface area contributed by atoms with Crippen LogP contribution in [-0.4, -0.2) is 23.1 Å². The number of amides is 2. The van der Waals surface area contributed by atoms with Crippen LogP contribution in [0.15, 0.2) is 12.1 Å². The minimum atomic E-state index is -0.815. The molecule has 3 N–H and O–H groups in total. The number of hydrogen-bond acceptors (Lipinski definition) is 2. The SMILES string of the molecule is Cc1ccc(Cl)c(NC(=O)NC2CCC(C(=O)O)C2)c1Cl. The Labute approximate surface area is 132 Å². The molecule has 0 saturated heterocycles. The highest BCUT2D eigenvalue weighted by Gasteiger charge is 2.30. The van der Waals surface area contributed by atoms with E-state index in [-0.39, 0.29) is 12.0 Å². The van der Waals surface area contributed by atoms with Gasteiger partial charge in [-0.15, -0.1) is 0 Å². The van der Waals surface area contributed by atoms with Crippen LogP contribution in [0.1, 0.15) is 24.8 Å². The van der Waals surface area contributed by atoms with Gasteiger partial charge in [0.05, 0.1) is 21.7 Å². The number of rotatable bonds is 3. The predicted molar refractivity (Wildman–Crippen MR) is 82.1 cm³/mol. The van der Waals surface area contributed by atoms with Crippen molar-refractivity contribution in [3.05, 3.63) is 27.7 Å². The molecule has 2 amide bonds. The lowest BCUT2D eigenvalue weighted by Gasteiger charge is -2.15. The van der Waals surface area contributed by atoms with Crippen LogP contribution in [0.25, 0.3) is 0 Å². The average molecular weight is 331 g/mol. The van der Waals surface area contributed by atoms with Crippen molar-refractivity contribution in [3.63, 3.8) is 0 Å². The van der Waals surface area contributed by atoms with Gasteiger partial charge in [0.15, 0.2) is 0 Å². The van der Waals surface area contributed by atoms with E-state index in [9.17, 15) is 9.59 Å². The maximum atomic E-state index is 12.0. The lowest BCUT2D eigenvalue weighted by atomic mass is 10.1. The van der Waals surface area contributed by atoms with E-state index in [1.165, 1.54) is 0 Å². The molecule has 0 aromatic heterocycles. The summed E-state index contributed by atoms with van der Waals surface area (Å²) in [5.41, 5.74) is 1.17. The van der Waals surface area contributed by atoms with Crippen LogP contribution >= 0.6 is 23.2 Å². The Bertz CT molecular complexity index is 578. The van der Waals surface area contributed by atoms with Gasteiger partial charge in [0, 0.05) is 6.04 Å². The zero-order chi connectivity index (χ0) is 15.6. The van der Waals surface area contributed by atoms with Gasteiger partial charge in [0.1, 0.15) is 0 Å². The topological polar surface area (TPSA) is 78.4 Å². The number of benzene rings is 1. The molecule has 2 atom stereocenters. The highest BCUT2D eigenvalue weighted by Crippen LogP contribution is 2.33. The molecule has 1 aromatic rings. The summed E-state index contributed by atoms with van der Waals surface area (Å²) in [7, 11) is 0. The maximum absolute atomic E-state index is 12.0. The van der Waals surface area contributed by atoms with E-state index < -0.39 is 12.0 Å². The van der Waals surface area contributed by atoms with Gasteiger partial charge in [-0.3, -0.25) is 4.79 Å². The second-order valence-corrected chi connectivity index (χ2v) is 5.98. The molecule has 0 aliphatic heterocycles. The molecular weight excluding hydrogens is 315 g/mol. The van der Waals surface area contributed by atoms with E-state index in [1.807, 2.05) is 6.92 Å². The molecular formula is C14H16Cl2N2O3. The normalized spacial score (nSPS) is 21.1. The van der Waals surface area contributed by atoms with Crippen molar-refractivity contribution < 1.29 is 14.7 Å². The van der Waals surface area contributed by atoms with Crippen molar-refractivity contribution in [1.82, 2.24) is 5.32 Å². The minimum absolute atomic E-state index is 0.145. The van der Waals surface area contributed by atoms with E-state index in [2.05, 4.69) is 10.6 Å². The summed E-state index contributed by atoms with van der Waals surface area (Å²) in [6.07, 6.45) is 1.67. The lowest BCUT2D eigenvalue weighted by Crippen LogP contribution is -2.36. The molecule has 1 aromatic carbocycles. The average Bonchev–Trinajstić information content (AvgIpc) is 2.88. The number of hydrogen-bond donors (Lipinski definition) is 3. The molecule has 21 heavy (non-hydrogen) atoms. The smallest absolute Gasteiger partial charge is 0.319 e. The first-order valence-corrected chi connectivity index (χ1v) is 7.39. The van der Waals surface area contributed by atoms with Crippen molar-refractivity contribution in [3.8, 4) is 0 Å². The molecule has 0 bridgehead atoms. The second-order valence-electron chi connectivity index (χ2n) is 5.20. The van der Waals surface area contributed by atoms with Gasteiger partial charge in [0.2, 0.25) is 0 Å². The van der Waals surface area contributed by atoms with Crippen LogP contribution in [0, 0.1) is 12.8 Å². The van der Waals surface area contributed by atoms with Gasteiger partial charge in [0.25, 0.3) is 0 Å². The molecule has 1 fully saturated rings. The van der Waals surface area contributed by atoms with Crippen LogP contribution in [0.3, 0.4) is 0 Å². The van der Waals surface area contributed by atoms with Gasteiger partial charge in [-0.1, -0.05) is 29.3 Å².